The normalized spacial score (nSPS) is 11.0. The van der Waals surface area contributed by atoms with Gasteiger partial charge in [-0.15, -0.1) is 0 Å². The van der Waals surface area contributed by atoms with Crippen molar-refractivity contribution in [3.8, 4) is 23.0 Å². The Hall–Kier alpha value is -4.39. The lowest BCUT2D eigenvalue weighted by Gasteiger charge is -2.18. The first-order valence-electron chi connectivity index (χ1n) is 11.2. The standard InChI is InChI=1S/C29H24F2O5/c1-20-3-11-26(12-4-20)35-28(32)22-7-15-24(16-8-22)33-19-34-25-17-9-23(10-18-25)29(30,31)36-27-13-5-21(2)6-14-27/h3-18H,19H2,1-2H3. The number of carbonyl (C=O) groups excluding carboxylic acids is 1. The molecule has 0 atom stereocenters. The first-order chi connectivity index (χ1) is 17.3. The van der Waals surface area contributed by atoms with Gasteiger partial charge >= 0.3 is 12.1 Å². The predicted octanol–water partition coefficient (Wildman–Crippen LogP) is 7.07. The number of aryl methyl sites for hydroxylation is 2. The molecule has 184 valence electrons. The Bertz CT molecular complexity index is 1280. The molecule has 0 saturated heterocycles. The van der Waals surface area contributed by atoms with Crippen LogP contribution in [0.3, 0.4) is 0 Å². The Labute approximate surface area is 207 Å². The summed E-state index contributed by atoms with van der Waals surface area (Å²) in [6, 6.07) is 25.3. The lowest BCUT2D eigenvalue weighted by molar-refractivity contribution is -0.185. The summed E-state index contributed by atoms with van der Waals surface area (Å²) in [6.07, 6.45) is -3.49. The summed E-state index contributed by atoms with van der Waals surface area (Å²) in [6.45, 7) is 3.66. The number of hydrogen-bond acceptors (Lipinski definition) is 5. The third-order valence-electron chi connectivity index (χ3n) is 5.23. The van der Waals surface area contributed by atoms with E-state index < -0.39 is 12.1 Å². The van der Waals surface area contributed by atoms with Gasteiger partial charge in [-0.05, 0) is 86.6 Å². The maximum Gasteiger partial charge on any atom is 0.426 e. The molecule has 0 N–H and O–H groups in total. The van der Waals surface area contributed by atoms with Gasteiger partial charge in [0.05, 0.1) is 11.1 Å². The first-order valence-corrected chi connectivity index (χ1v) is 11.2. The number of carbonyl (C=O) groups is 1. The third-order valence-corrected chi connectivity index (χ3v) is 5.23. The van der Waals surface area contributed by atoms with Gasteiger partial charge in [0.2, 0.25) is 6.79 Å². The average Bonchev–Trinajstić information content (AvgIpc) is 2.87. The van der Waals surface area contributed by atoms with Crippen molar-refractivity contribution < 1.29 is 32.5 Å². The Morgan fingerprint density at radius 3 is 1.61 bits per heavy atom. The molecule has 0 heterocycles. The Morgan fingerprint density at radius 2 is 1.08 bits per heavy atom. The van der Waals surface area contributed by atoms with Crippen LogP contribution in [-0.2, 0) is 6.11 Å². The second-order valence-electron chi connectivity index (χ2n) is 8.09. The molecule has 4 aromatic carbocycles. The molecule has 0 bridgehead atoms. The second kappa shape index (κ2) is 10.9. The van der Waals surface area contributed by atoms with Gasteiger partial charge in [0.15, 0.2) is 0 Å². The summed E-state index contributed by atoms with van der Waals surface area (Å²) in [4.78, 5) is 12.3. The molecule has 0 fully saturated rings. The zero-order valence-corrected chi connectivity index (χ0v) is 19.7. The van der Waals surface area contributed by atoms with E-state index in [4.69, 9.17) is 18.9 Å². The van der Waals surface area contributed by atoms with Crippen molar-refractivity contribution >= 4 is 5.97 Å². The molecule has 0 spiro atoms. The Balaban J connectivity index is 1.26. The van der Waals surface area contributed by atoms with Crippen LogP contribution in [0.2, 0.25) is 0 Å². The second-order valence-corrected chi connectivity index (χ2v) is 8.09. The smallest absolute Gasteiger partial charge is 0.426 e. The number of ether oxygens (including phenoxy) is 4. The molecule has 0 amide bonds. The molecular weight excluding hydrogens is 466 g/mol. The van der Waals surface area contributed by atoms with E-state index in [1.54, 1.807) is 48.5 Å². The Kier molecular flexibility index (Phi) is 7.49. The minimum absolute atomic E-state index is 0.0776. The first kappa shape index (κ1) is 24.7. The van der Waals surface area contributed by atoms with Crippen molar-refractivity contribution in [3.05, 3.63) is 119 Å². The van der Waals surface area contributed by atoms with E-state index in [1.807, 2.05) is 26.0 Å². The minimum Gasteiger partial charge on any atom is -0.458 e. The van der Waals surface area contributed by atoms with E-state index in [-0.39, 0.29) is 18.1 Å². The molecule has 0 unspecified atom stereocenters. The fourth-order valence-electron chi connectivity index (χ4n) is 3.18. The molecule has 4 aromatic rings. The summed E-state index contributed by atoms with van der Waals surface area (Å²) < 4.78 is 50.1. The van der Waals surface area contributed by atoms with Crippen LogP contribution in [0, 0.1) is 13.8 Å². The molecule has 0 aliphatic carbocycles. The van der Waals surface area contributed by atoms with Crippen molar-refractivity contribution in [1.29, 1.82) is 0 Å². The van der Waals surface area contributed by atoms with E-state index in [0.29, 0.717) is 22.8 Å². The predicted molar refractivity (Wildman–Crippen MR) is 131 cm³/mol. The van der Waals surface area contributed by atoms with Crippen LogP contribution in [0.1, 0.15) is 27.0 Å². The lowest BCUT2D eigenvalue weighted by Crippen LogP contribution is -2.21. The van der Waals surface area contributed by atoms with E-state index in [1.165, 1.54) is 36.4 Å². The fraction of sp³-hybridized carbons (Fsp3) is 0.138. The molecule has 0 radical (unpaired) electrons. The average molecular weight is 491 g/mol. The van der Waals surface area contributed by atoms with Gasteiger partial charge in [0.1, 0.15) is 23.0 Å². The van der Waals surface area contributed by atoms with E-state index in [2.05, 4.69) is 0 Å². The maximum absolute atomic E-state index is 14.5. The third kappa shape index (κ3) is 6.60. The number of alkyl halides is 2. The van der Waals surface area contributed by atoms with E-state index in [0.717, 1.165) is 11.1 Å². The SMILES string of the molecule is Cc1ccc(OC(=O)c2ccc(OCOc3ccc(C(F)(F)Oc4ccc(C)cc4)cc3)cc2)cc1. The molecule has 36 heavy (non-hydrogen) atoms. The van der Waals surface area contributed by atoms with Gasteiger partial charge in [0.25, 0.3) is 0 Å². The van der Waals surface area contributed by atoms with Crippen LogP contribution in [-0.4, -0.2) is 12.8 Å². The zero-order chi connectivity index (χ0) is 25.5. The van der Waals surface area contributed by atoms with E-state index >= 15 is 0 Å². The lowest BCUT2D eigenvalue weighted by atomic mass is 10.2. The number of esters is 1. The van der Waals surface area contributed by atoms with Crippen LogP contribution >= 0.6 is 0 Å². The highest BCUT2D eigenvalue weighted by Crippen LogP contribution is 2.32. The molecule has 0 aliphatic heterocycles. The van der Waals surface area contributed by atoms with Crippen molar-refractivity contribution in [2.45, 2.75) is 20.0 Å². The molecule has 4 rings (SSSR count). The fourth-order valence-corrected chi connectivity index (χ4v) is 3.18. The maximum atomic E-state index is 14.5. The highest BCUT2D eigenvalue weighted by Gasteiger charge is 2.34. The molecule has 5 nitrogen and oxygen atoms in total. The number of hydrogen-bond donors (Lipinski definition) is 0. The van der Waals surface area contributed by atoms with Crippen molar-refractivity contribution in [2.75, 3.05) is 6.79 Å². The largest absolute Gasteiger partial charge is 0.458 e. The van der Waals surface area contributed by atoms with Crippen LogP contribution in [0.5, 0.6) is 23.0 Å². The summed E-state index contributed by atoms with van der Waals surface area (Å²) in [5.74, 6) is 0.878. The summed E-state index contributed by atoms with van der Waals surface area (Å²) >= 11 is 0. The Morgan fingerprint density at radius 1 is 0.639 bits per heavy atom. The van der Waals surface area contributed by atoms with Gasteiger partial charge in [-0.1, -0.05) is 35.4 Å². The molecule has 7 heteroatoms. The van der Waals surface area contributed by atoms with Crippen LogP contribution in [0.4, 0.5) is 8.78 Å². The highest BCUT2D eigenvalue weighted by molar-refractivity contribution is 5.91. The van der Waals surface area contributed by atoms with Gasteiger partial charge in [0, 0.05) is 0 Å². The monoisotopic (exact) mass is 490 g/mol. The van der Waals surface area contributed by atoms with Crippen molar-refractivity contribution in [2.24, 2.45) is 0 Å². The van der Waals surface area contributed by atoms with Gasteiger partial charge in [-0.3, -0.25) is 0 Å². The quantitative estimate of drug-likeness (QED) is 0.143. The van der Waals surface area contributed by atoms with Crippen LogP contribution < -0.4 is 18.9 Å². The molecule has 0 saturated carbocycles. The molecular formula is C29H24F2O5. The number of rotatable bonds is 9. The summed E-state index contributed by atoms with van der Waals surface area (Å²) in [7, 11) is 0. The van der Waals surface area contributed by atoms with Crippen LogP contribution in [0.15, 0.2) is 97.1 Å². The summed E-state index contributed by atoms with van der Waals surface area (Å²) in [5.41, 5.74) is 2.09. The van der Waals surface area contributed by atoms with Gasteiger partial charge in [-0.25, -0.2) is 4.79 Å². The van der Waals surface area contributed by atoms with Crippen LogP contribution in [0.25, 0.3) is 0 Å². The van der Waals surface area contributed by atoms with Crippen molar-refractivity contribution in [1.82, 2.24) is 0 Å². The zero-order valence-electron chi connectivity index (χ0n) is 19.7. The number of benzene rings is 4. The van der Waals surface area contributed by atoms with Gasteiger partial charge < -0.3 is 18.9 Å². The highest BCUT2D eigenvalue weighted by atomic mass is 19.3. The number of halogens is 2. The van der Waals surface area contributed by atoms with Crippen molar-refractivity contribution in [3.63, 3.8) is 0 Å². The summed E-state index contributed by atoms with van der Waals surface area (Å²) in [5, 5.41) is 0. The van der Waals surface area contributed by atoms with Gasteiger partial charge in [-0.2, -0.15) is 8.78 Å². The molecule has 0 aromatic heterocycles. The molecule has 0 aliphatic rings. The topological polar surface area (TPSA) is 54.0 Å². The van der Waals surface area contributed by atoms with E-state index in [9.17, 15) is 13.6 Å². The minimum atomic E-state index is -3.49.